The van der Waals surface area contributed by atoms with E-state index in [-0.39, 0.29) is 18.5 Å². The van der Waals surface area contributed by atoms with Gasteiger partial charge in [0, 0.05) is 36.3 Å². The number of nitrogens with zero attached hydrogens (tertiary/aromatic N) is 1. The summed E-state index contributed by atoms with van der Waals surface area (Å²) in [4.78, 5) is 15.4. The molecule has 1 heterocycles. The van der Waals surface area contributed by atoms with Crippen molar-refractivity contribution < 1.29 is 28.5 Å². The van der Waals surface area contributed by atoms with E-state index in [1.54, 1.807) is 28.4 Å². The van der Waals surface area contributed by atoms with Crippen molar-refractivity contribution in [3.63, 3.8) is 0 Å². The van der Waals surface area contributed by atoms with Gasteiger partial charge in [-0.2, -0.15) is 0 Å². The maximum absolute atomic E-state index is 13.2. The molecule has 208 valence electrons. The van der Waals surface area contributed by atoms with E-state index in [0.29, 0.717) is 31.1 Å². The predicted octanol–water partition coefficient (Wildman–Crippen LogP) is 4.58. The van der Waals surface area contributed by atoms with Gasteiger partial charge in [0.15, 0.2) is 11.5 Å². The summed E-state index contributed by atoms with van der Waals surface area (Å²) >= 11 is 0. The lowest BCUT2D eigenvalue weighted by molar-refractivity contribution is -0.123. The quantitative estimate of drug-likeness (QED) is 0.365. The Morgan fingerprint density at radius 3 is 2.38 bits per heavy atom. The molecule has 0 aliphatic carbocycles. The van der Waals surface area contributed by atoms with Crippen molar-refractivity contribution in [2.45, 2.75) is 32.4 Å². The van der Waals surface area contributed by atoms with Crippen molar-refractivity contribution in [1.82, 2.24) is 10.2 Å². The number of para-hydroxylation sites is 1. The average Bonchev–Trinajstić information content (AvgIpc) is 2.97. The highest BCUT2D eigenvalue weighted by atomic mass is 16.5. The molecule has 0 saturated carbocycles. The molecule has 0 spiro atoms. The summed E-state index contributed by atoms with van der Waals surface area (Å²) < 4.78 is 28.1. The standard InChI is InChI=1S/C31H38N2O6/c1-6-39-26-10-8-7-9-23(26)19-32-30(34)20-33-14-13-22-17-24(35-2)18-29(38-5)31(22)25(33)15-21-11-12-27(36-3)28(16-21)37-4/h7-12,16-18,25H,6,13-15,19-20H2,1-5H3,(H,32,34). The van der Waals surface area contributed by atoms with Crippen LogP contribution in [0.1, 0.15) is 35.2 Å². The third-order valence-corrected chi connectivity index (χ3v) is 7.07. The zero-order chi connectivity index (χ0) is 27.8. The van der Waals surface area contributed by atoms with E-state index in [9.17, 15) is 4.79 Å². The Bertz CT molecular complexity index is 1260. The first-order valence-electron chi connectivity index (χ1n) is 13.2. The first-order valence-corrected chi connectivity index (χ1v) is 13.2. The lowest BCUT2D eigenvalue weighted by atomic mass is 9.87. The monoisotopic (exact) mass is 534 g/mol. The highest BCUT2D eigenvalue weighted by Crippen LogP contribution is 2.41. The molecule has 39 heavy (non-hydrogen) atoms. The van der Waals surface area contributed by atoms with Gasteiger partial charge in [-0.25, -0.2) is 0 Å². The number of methoxy groups -OCH3 is 4. The lowest BCUT2D eigenvalue weighted by Crippen LogP contribution is -2.43. The molecular formula is C31H38N2O6. The maximum Gasteiger partial charge on any atom is 0.234 e. The summed E-state index contributed by atoms with van der Waals surface area (Å²) in [5, 5.41) is 3.09. The first-order chi connectivity index (χ1) is 19.0. The molecule has 8 heteroatoms. The van der Waals surface area contributed by atoms with Crippen LogP contribution in [0.15, 0.2) is 54.6 Å². The molecule has 3 aromatic rings. The van der Waals surface area contributed by atoms with E-state index >= 15 is 0 Å². The highest BCUT2D eigenvalue weighted by molar-refractivity contribution is 5.78. The lowest BCUT2D eigenvalue weighted by Gasteiger charge is -2.38. The number of fused-ring (bicyclic) bond motifs is 1. The van der Waals surface area contributed by atoms with Crippen LogP contribution < -0.4 is 29.0 Å². The number of rotatable bonds is 12. The fourth-order valence-corrected chi connectivity index (χ4v) is 5.16. The maximum atomic E-state index is 13.2. The Hall–Kier alpha value is -3.91. The third-order valence-electron chi connectivity index (χ3n) is 7.07. The van der Waals surface area contributed by atoms with Gasteiger partial charge in [0.05, 0.1) is 41.6 Å². The minimum absolute atomic E-state index is 0.0467. The second-order valence-corrected chi connectivity index (χ2v) is 9.35. The van der Waals surface area contributed by atoms with Gasteiger partial charge < -0.3 is 29.0 Å². The molecule has 0 aromatic heterocycles. The minimum atomic E-state index is -0.0887. The number of hydrogen-bond donors (Lipinski definition) is 1. The van der Waals surface area contributed by atoms with Crippen molar-refractivity contribution in [1.29, 1.82) is 0 Å². The molecule has 1 unspecified atom stereocenters. The van der Waals surface area contributed by atoms with Crippen molar-refractivity contribution in [3.8, 4) is 28.7 Å². The normalized spacial score (nSPS) is 14.7. The Morgan fingerprint density at radius 1 is 0.897 bits per heavy atom. The van der Waals surface area contributed by atoms with Crippen molar-refractivity contribution >= 4 is 5.91 Å². The van der Waals surface area contributed by atoms with Gasteiger partial charge in [0.25, 0.3) is 0 Å². The van der Waals surface area contributed by atoms with Crippen molar-refractivity contribution in [3.05, 3.63) is 76.9 Å². The van der Waals surface area contributed by atoms with Crippen LogP contribution in [0.2, 0.25) is 0 Å². The molecule has 0 fully saturated rings. The summed E-state index contributed by atoms with van der Waals surface area (Å²) in [6.45, 7) is 3.91. The van der Waals surface area contributed by atoms with E-state index in [1.807, 2.05) is 55.5 Å². The molecule has 4 rings (SSSR count). The Kier molecular flexibility index (Phi) is 9.54. The number of ether oxygens (including phenoxy) is 5. The molecule has 0 radical (unpaired) electrons. The number of nitrogens with one attached hydrogen (secondary N) is 1. The predicted molar refractivity (Wildman–Crippen MR) is 150 cm³/mol. The fourth-order valence-electron chi connectivity index (χ4n) is 5.16. The van der Waals surface area contributed by atoms with Gasteiger partial charge in [0.1, 0.15) is 17.2 Å². The Balaban J connectivity index is 1.60. The zero-order valence-electron chi connectivity index (χ0n) is 23.4. The largest absolute Gasteiger partial charge is 0.497 e. The Morgan fingerprint density at radius 2 is 1.67 bits per heavy atom. The molecule has 0 saturated heterocycles. The van der Waals surface area contributed by atoms with Gasteiger partial charge in [-0.15, -0.1) is 0 Å². The van der Waals surface area contributed by atoms with Crippen LogP contribution in [-0.4, -0.2) is 58.9 Å². The average molecular weight is 535 g/mol. The van der Waals surface area contributed by atoms with Gasteiger partial charge in [-0.3, -0.25) is 9.69 Å². The number of benzene rings is 3. The van der Waals surface area contributed by atoms with Crippen LogP contribution in [-0.2, 0) is 24.2 Å². The van der Waals surface area contributed by atoms with Crippen LogP contribution in [0.4, 0.5) is 0 Å². The number of hydrogen-bond acceptors (Lipinski definition) is 7. The third kappa shape index (κ3) is 6.57. The molecule has 3 aromatic carbocycles. The van der Waals surface area contributed by atoms with Gasteiger partial charge in [-0.1, -0.05) is 24.3 Å². The summed E-state index contributed by atoms with van der Waals surface area (Å²) in [6.07, 6.45) is 1.45. The van der Waals surface area contributed by atoms with Crippen LogP contribution in [0.25, 0.3) is 0 Å². The van der Waals surface area contributed by atoms with Gasteiger partial charge >= 0.3 is 0 Å². The molecule has 1 aliphatic heterocycles. The molecule has 1 N–H and O–H groups in total. The van der Waals surface area contributed by atoms with E-state index in [2.05, 4.69) is 16.3 Å². The van der Waals surface area contributed by atoms with E-state index in [0.717, 1.165) is 46.9 Å². The molecule has 1 atom stereocenters. The van der Waals surface area contributed by atoms with Crippen LogP contribution in [0.5, 0.6) is 28.7 Å². The number of carbonyl (C=O) groups excluding carboxylic acids is 1. The smallest absolute Gasteiger partial charge is 0.234 e. The zero-order valence-corrected chi connectivity index (χ0v) is 23.4. The minimum Gasteiger partial charge on any atom is -0.497 e. The topological polar surface area (TPSA) is 78.5 Å². The number of amides is 1. The first kappa shape index (κ1) is 28.1. The fraction of sp³-hybridized carbons (Fsp3) is 0.387. The second-order valence-electron chi connectivity index (χ2n) is 9.35. The van der Waals surface area contributed by atoms with Crippen molar-refractivity contribution in [2.75, 3.05) is 48.1 Å². The molecule has 1 aliphatic rings. The van der Waals surface area contributed by atoms with Crippen LogP contribution in [0.3, 0.4) is 0 Å². The summed E-state index contributed by atoms with van der Waals surface area (Å²) in [7, 11) is 6.59. The van der Waals surface area contributed by atoms with E-state index in [1.165, 1.54) is 5.56 Å². The van der Waals surface area contributed by atoms with Crippen molar-refractivity contribution in [2.24, 2.45) is 0 Å². The van der Waals surface area contributed by atoms with Crippen LogP contribution >= 0.6 is 0 Å². The number of carbonyl (C=O) groups is 1. The van der Waals surface area contributed by atoms with E-state index < -0.39 is 0 Å². The SMILES string of the molecule is CCOc1ccccc1CNC(=O)CN1CCc2cc(OC)cc(OC)c2C1Cc1ccc(OC)c(OC)c1. The van der Waals surface area contributed by atoms with Gasteiger partial charge in [0.2, 0.25) is 5.91 Å². The molecule has 1 amide bonds. The molecule has 8 nitrogen and oxygen atoms in total. The second kappa shape index (κ2) is 13.2. The van der Waals surface area contributed by atoms with E-state index in [4.69, 9.17) is 23.7 Å². The molecular weight excluding hydrogens is 496 g/mol. The summed E-state index contributed by atoms with van der Waals surface area (Å²) in [5.74, 6) is 3.60. The summed E-state index contributed by atoms with van der Waals surface area (Å²) in [6, 6.07) is 17.6. The molecule has 0 bridgehead atoms. The summed E-state index contributed by atoms with van der Waals surface area (Å²) in [5.41, 5.74) is 4.26. The van der Waals surface area contributed by atoms with Crippen LogP contribution in [0, 0.1) is 0 Å². The highest BCUT2D eigenvalue weighted by Gasteiger charge is 2.32. The Labute approximate surface area is 230 Å². The van der Waals surface area contributed by atoms with Gasteiger partial charge in [-0.05, 0) is 55.2 Å².